The molecular weight excluding hydrogens is 267 g/mol. The minimum Gasteiger partial charge on any atom is -0.549 e. The Morgan fingerprint density at radius 1 is 1.25 bits per heavy atom. The van der Waals surface area contributed by atoms with Crippen LogP contribution in [0.15, 0.2) is 30.5 Å². The number of carbonyl (C=O) groups is 2. The number of hydrogen-bond donors (Lipinski definition) is 0. The number of aliphatic carboxylic acids is 1. The van der Waals surface area contributed by atoms with Gasteiger partial charge in [0.15, 0.2) is 0 Å². The summed E-state index contributed by atoms with van der Waals surface area (Å²) in [5, 5.41) is 11.0. The van der Waals surface area contributed by atoms with E-state index in [2.05, 4.69) is 0 Å². The van der Waals surface area contributed by atoms with Crippen molar-refractivity contribution in [3.63, 3.8) is 0 Å². The zero-order chi connectivity index (χ0) is 13.6. The molecule has 1 aliphatic rings. The SMILES string of the molecule is Cn1cccc1C(=O)c1ccc2n1CCC2C(=O)[O-].[Na+]. The topological polar surface area (TPSA) is 67.1 Å². The third-order valence-electron chi connectivity index (χ3n) is 3.71. The normalized spacial score (nSPS) is 16.6. The molecule has 5 nitrogen and oxygen atoms in total. The van der Waals surface area contributed by atoms with Crippen LogP contribution in [0.1, 0.15) is 34.2 Å². The van der Waals surface area contributed by atoms with Gasteiger partial charge < -0.3 is 19.0 Å². The maximum absolute atomic E-state index is 12.4. The van der Waals surface area contributed by atoms with Gasteiger partial charge in [-0.1, -0.05) is 0 Å². The number of rotatable bonds is 3. The van der Waals surface area contributed by atoms with Crippen molar-refractivity contribution in [1.82, 2.24) is 9.13 Å². The molecule has 3 heterocycles. The Kier molecular flexibility index (Phi) is 4.22. The molecule has 0 spiro atoms. The standard InChI is InChI=1S/C14H14N2O3.Na/c1-15-7-2-3-11(15)13(17)12-5-4-10-9(14(18)19)6-8-16(10)12;/h2-5,7,9H,6,8H2,1H3,(H,18,19);/q;+1/p-1. The first-order valence-corrected chi connectivity index (χ1v) is 6.16. The van der Waals surface area contributed by atoms with Gasteiger partial charge in [0.1, 0.15) is 0 Å². The predicted molar refractivity (Wildman–Crippen MR) is 65.6 cm³/mol. The monoisotopic (exact) mass is 280 g/mol. The van der Waals surface area contributed by atoms with Crippen LogP contribution in [0.4, 0.5) is 0 Å². The summed E-state index contributed by atoms with van der Waals surface area (Å²) in [5.74, 6) is -1.76. The van der Waals surface area contributed by atoms with Crippen molar-refractivity contribution in [1.29, 1.82) is 0 Å². The second-order valence-corrected chi connectivity index (χ2v) is 4.79. The summed E-state index contributed by atoms with van der Waals surface area (Å²) in [5.41, 5.74) is 1.80. The molecule has 2 aromatic rings. The molecule has 0 aromatic carbocycles. The van der Waals surface area contributed by atoms with Gasteiger partial charge in [-0.2, -0.15) is 0 Å². The van der Waals surface area contributed by atoms with E-state index < -0.39 is 11.9 Å². The van der Waals surface area contributed by atoms with Crippen LogP contribution >= 0.6 is 0 Å². The summed E-state index contributed by atoms with van der Waals surface area (Å²) < 4.78 is 3.54. The molecule has 0 amide bonds. The summed E-state index contributed by atoms with van der Waals surface area (Å²) in [6.07, 6.45) is 2.30. The van der Waals surface area contributed by atoms with Crippen molar-refractivity contribution in [3.05, 3.63) is 47.5 Å². The van der Waals surface area contributed by atoms with Crippen molar-refractivity contribution >= 4 is 11.8 Å². The maximum atomic E-state index is 12.4. The summed E-state index contributed by atoms with van der Waals surface area (Å²) in [7, 11) is 1.81. The van der Waals surface area contributed by atoms with Gasteiger partial charge in [0.05, 0.1) is 17.4 Å². The fourth-order valence-corrected chi connectivity index (χ4v) is 2.71. The molecule has 0 N–H and O–H groups in total. The van der Waals surface area contributed by atoms with Gasteiger partial charge in [0.25, 0.3) is 0 Å². The molecule has 1 atom stereocenters. The molecule has 6 heteroatoms. The van der Waals surface area contributed by atoms with Gasteiger partial charge >= 0.3 is 29.6 Å². The summed E-state index contributed by atoms with van der Waals surface area (Å²) in [4.78, 5) is 23.4. The van der Waals surface area contributed by atoms with Crippen LogP contribution in [0.3, 0.4) is 0 Å². The second-order valence-electron chi connectivity index (χ2n) is 4.79. The molecule has 0 aliphatic carbocycles. The van der Waals surface area contributed by atoms with E-state index in [0.29, 0.717) is 30.0 Å². The molecule has 0 saturated carbocycles. The summed E-state index contributed by atoms with van der Waals surface area (Å²) in [6.45, 7) is 0.548. The van der Waals surface area contributed by atoms with Crippen LogP contribution in [0.5, 0.6) is 0 Å². The molecule has 3 rings (SSSR count). The zero-order valence-electron chi connectivity index (χ0n) is 11.5. The van der Waals surface area contributed by atoms with Crippen molar-refractivity contribution in [2.75, 3.05) is 0 Å². The quantitative estimate of drug-likeness (QED) is 0.454. The molecule has 98 valence electrons. The number of carboxylic acids is 1. The molecule has 1 unspecified atom stereocenters. The van der Waals surface area contributed by atoms with E-state index in [0.717, 1.165) is 0 Å². The van der Waals surface area contributed by atoms with Crippen LogP contribution in [0, 0.1) is 0 Å². The van der Waals surface area contributed by atoms with Crippen molar-refractivity contribution < 1.29 is 44.3 Å². The number of nitrogens with zero attached hydrogens (tertiary/aromatic N) is 2. The average Bonchev–Trinajstić information content (AvgIpc) is 3.01. The molecule has 1 aliphatic heterocycles. The van der Waals surface area contributed by atoms with Gasteiger partial charge in [0.2, 0.25) is 5.78 Å². The van der Waals surface area contributed by atoms with Crippen LogP contribution in [0.25, 0.3) is 0 Å². The third-order valence-corrected chi connectivity index (χ3v) is 3.71. The number of aryl methyl sites for hydroxylation is 1. The Balaban J connectivity index is 0.00000147. The van der Waals surface area contributed by atoms with Gasteiger partial charge in [-0.05, 0) is 30.7 Å². The van der Waals surface area contributed by atoms with Crippen LogP contribution in [-0.2, 0) is 18.4 Å². The van der Waals surface area contributed by atoms with E-state index in [1.807, 2.05) is 19.3 Å². The Morgan fingerprint density at radius 3 is 2.60 bits per heavy atom. The zero-order valence-corrected chi connectivity index (χ0v) is 13.5. The second kappa shape index (κ2) is 5.60. The molecule has 2 aromatic heterocycles. The minimum absolute atomic E-state index is 0. The maximum Gasteiger partial charge on any atom is 1.00 e. The molecule has 20 heavy (non-hydrogen) atoms. The number of carbonyl (C=O) groups excluding carboxylic acids is 2. The van der Waals surface area contributed by atoms with Crippen molar-refractivity contribution in [2.24, 2.45) is 7.05 Å². The van der Waals surface area contributed by atoms with Gasteiger partial charge in [0, 0.05) is 31.4 Å². The Morgan fingerprint density at radius 2 is 2.00 bits per heavy atom. The molecular formula is C14H13N2NaO3. The van der Waals surface area contributed by atoms with Crippen molar-refractivity contribution in [3.8, 4) is 0 Å². The van der Waals surface area contributed by atoms with Crippen LogP contribution in [0.2, 0.25) is 0 Å². The largest absolute Gasteiger partial charge is 1.00 e. The molecule has 0 bridgehead atoms. The Bertz CT molecular complexity index is 672. The van der Waals surface area contributed by atoms with E-state index in [-0.39, 0.29) is 35.3 Å². The molecule has 0 fully saturated rings. The van der Waals surface area contributed by atoms with E-state index >= 15 is 0 Å². The van der Waals surface area contributed by atoms with Crippen molar-refractivity contribution in [2.45, 2.75) is 18.9 Å². The van der Waals surface area contributed by atoms with E-state index in [1.165, 1.54) is 0 Å². The van der Waals surface area contributed by atoms with Crippen LogP contribution in [-0.4, -0.2) is 20.9 Å². The minimum atomic E-state index is -1.07. The number of ketones is 1. The first-order valence-electron chi connectivity index (χ1n) is 6.16. The summed E-state index contributed by atoms with van der Waals surface area (Å²) >= 11 is 0. The number of carboxylic acid groups (broad SMARTS) is 1. The smallest absolute Gasteiger partial charge is 0.549 e. The third kappa shape index (κ3) is 2.26. The van der Waals surface area contributed by atoms with E-state index in [9.17, 15) is 14.7 Å². The van der Waals surface area contributed by atoms with Gasteiger partial charge in [-0.15, -0.1) is 0 Å². The predicted octanol–water partition coefficient (Wildman–Crippen LogP) is -2.70. The fourth-order valence-electron chi connectivity index (χ4n) is 2.71. The molecule has 0 radical (unpaired) electrons. The Labute approximate surface area is 138 Å². The van der Waals surface area contributed by atoms with E-state index in [4.69, 9.17) is 0 Å². The first kappa shape index (κ1) is 15.1. The fraction of sp³-hybridized carbons (Fsp3) is 0.286. The number of hydrogen-bond acceptors (Lipinski definition) is 3. The first-order chi connectivity index (χ1) is 9.09. The number of fused-ring (bicyclic) bond motifs is 1. The van der Waals surface area contributed by atoms with E-state index in [1.54, 1.807) is 27.3 Å². The number of aromatic nitrogens is 2. The summed E-state index contributed by atoms with van der Waals surface area (Å²) in [6, 6.07) is 6.97. The Hall–Kier alpha value is -1.30. The van der Waals surface area contributed by atoms with Gasteiger partial charge in [-0.25, -0.2) is 0 Å². The van der Waals surface area contributed by atoms with Gasteiger partial charge in [-0.3, -0.25) is 4.79 Å². The molecule has 0 saturated heterocycles. The van der Waals surface area contributed by atoms with Crippen LogP contribution < -0.4 is 34.7 Å². The average molecular weight is 280 g/mol.